The molecule has 3 heteroatoms. The van der Waals surface area contributed by atoms with Gasteiger partial charge in [-0.05, 0) is 35.1 Å². The number of hydrogen-bond donors (Lipinski definition) is 1. The van der Waals surface area contributed by atoms with Gasteiger partial charge in [0.1, 0.15) is 5.75 Å². The zero-order valence-corrected chi connectivity index (χ0v) is 12.8. The Hall–Kier alpha value is -1.72. The normalized spacial score (nSPS) is 10.1. The molecule has 106 valence electrons. The van der Waals surface area contributed by atoms with E-state index < -0.39 is 5.82 Å². The third-order valence-electron chi connectivity index (χ3n) is 2.91. The third kappa shape index (κ3) is 2.89. The Bertz CT molecular complexity index is 669. The Morgan fingerprint density at radius 2 is 1.85 bits per heavy atom. The average Bonchev–Trinajstić information content (AvgIpc) is 2.42. The number of fused-ring (bicyclic) bond motifs is 1. The number of aromatic hydroxyl groups is 1. The first-order chi connectivity index (χ1) is 9.45. The second kappa shape index (κ2) is 6.63. The lowest BCUT2D eigenvalue weighted by Crippen LogP contribution is -1.96. The highest BCUT2D eigenvalue weighted by Crippen LogP contribution is 2.35. The van der Waals surface area contributed by atoms with Crippen molar-refractivity contribution >= 4 is 22.4 Å². The minimum absolute atomic E-state index is 0.0317. The molecule has 20 heavy (non-hydrogen) atoms. The van der Waals surface area contributed by atoms with Gasteiger partial charge < -0.3 is 5.11 Å². The van der Waals surface area contributed by atoms with Crippen LogP contribution in [0.4, 0.5) is 4.39 Å². The minimum Gasteiger partial charge on any atom is -0.508 e. The highest BCUT2D eigenvalue weighted by molar-refractivity contribution is 6.31. The first-order valence-electron chi connectivity index (χ1n) is 6.57. The minimum atomic E-state index is -0.584. The van der Waals surface area contributed by atoms with Gasteiger partial charge in [-0.3, -0.25) is 0 Å². The van der Waals surface area contributed by atoms with E-state index in [0.29, 0.717) is 10.8 Å². The monoisotopic (exact) mass is 292 g/mol. The molecule has 0 aromatic heterocycles. The van der Waals surface area contributed by atoms with Gasteiger partial charge in [-0.25, -0.2) is 4.39 Å². The summed E-state index contributed by atoms with van der Waals surface area (Å²) in [5.74, 6) is 2.01. The van der Waals surface area contributed by atoms with Crippen LogP contribution in [0.15, 0.2) is 18.2 Å². The Balaban J connectivity index is 0.000000956. The largest absolute Gasteiger partial charge is 0.508 e. The average molecular weight is 293 g/mol. The van der Waals surface area contributed by atoms with Gasteiger partial charge in [-0.15, -0.1) is 6.42 Å². The molecule has 0 fully saturated rings. The van der Waals surface area contributed by atoms with Crippen LogP contribution in [0.3, 0.4) is 0 Å². The number of phenolic OH excluding ortho intramolecular Hbond substituents is 1. The summed E-state index contributed by atoms with van der Waals surface area (Å²) in [5.41, 5.74) is 0.967. The molecule has 1 nitrogen and oxygen atoms in total. The van der Waals surface area contributed by atoms with Crippen molar-refractivity contribution in [2.75, 3.05) is 0 Å². The van der Waals surface area contributed by atoms with Gasteiger partial charge in [-0.1, -0.05) is 45.2 Å². The molecule has 0 aliphatic heterocycles. The number of hydrogen-bond acceptors (Lipinski definition) is 1. The van der Waals surface area contributed by atoms with Crippen LogP contribution in [0, 0.1) is 18.2 Å². The maximum absolute atomic E-state index is 13.9. The van der Waals surface area contributed by atoms with E-state index in [4.69, 9.17) is 18.0 Å². The molecule has 0 bridgehead atoms. The molecule has 0 atom stereocenters. The van der Waals surface area contributed by atoms with Gasteiger partial charge >= 0.3 is 0 Å². The molecule has 2 aromatic rings. The van der Waals surface area contributed by atoms with Gasteiger partial charge in [0.05, 0.1) is 10.6 Å². The van der Waals surface area contributed by atoms with Crippen molar-refractivity contribution in [3.8, 4) is 18.1 Å². The van der Waals surface area contributed by atoms with Crippen LogP contribution in [0.1, 0.15) is 44.7 Å². The smallest absolute Gasteiger partial charge is 0.158 e. The van der Waals surface area contributed by atoms with E-state index in [1.807, 2.05) is 27.7 Å². The molecule has 0 amide bonds. The molecular formula is C17H18ClFO. The maximum atomic E-state index is 13.9. The fourth-order valence-corrected chi connectivity index (χ4v) is 2.31. The molecule has 0 unspecified atom stereocenters. The Kier molecular flexibility index (Phi) is 5.42. The van der Waals surface area contributed by atoms with Crippen molar-refractivity contribution in [1.82, 2.24) is 0 Å². The lowest BCUT2D eigenvalue weighted by Gasteiger charge is -2.14. The van der Waals surface area contributed by atoms with E-state index in [-0.39, 0.29) is 22.3 Å². The van der Waals surface area contributed by atoms with Crippen molar-refractivity contribution in [2.24, 2.45) is 0 Å². The SMILES string of the molecule is C#Cc1c(F)c(Cl)cc2cc(O)cc(C(C)C)c12.CC. The molecule has 0 heterocycles. The lowest BCUT2D eigenvalue weighted by molar-refractivity contribution is 0.475. The van der Waals surface area contributed by atoms with Crippen molar-refractivity contribution in [1.29, 1.82) is 0 Å². The van der Waals surface area contributed by atoms with Gasteiger partial charge in [0.25, 0.3) is 0 Å². The lowest BCUT2D eigenvalue weighted by atomic mass is 9.92. The number of rotatable bonds is 1. The number of phenols is 1. The Morgan fingerprint density at radius 3 is 2.35 bits per heavy atom. The molecule has 0 saturated carbocycles. The van der Waals surface area contributed by atoms with E-state index >= 15 is 0 Å². The van der Waals surface area contributed by atoms with Gasteiger partial charge in [0, 0.05) is 5.39 Å². The molecule has 0 saturated heterocycles. The van der Waals surface area contributed by atoms with Gasteiger partial charge in [0.15, 0.2) is 5.82 Å². The van der Waals surface area contributed by atoms with Gasteiger partial charge in [-0.2, -0.15) is 0 Å². The molecule has 2 aromatic carbocycles. The standard InChI is InChI=1S/C15H12ClFO.C2H6/c1-4-11-14-9(6-13(16)15(11)17)5-10(18)7-12(14)8(2)3;1-2/h1,5-8,18H,2-3H3;1-2H3. The van der Waals surface area contributed by atoms with Crippen LogP contribution in [-0.4, -0.2) is 5.11 Å². The Labute approximate surface area is 124 Å². The van der Waals surface area contributed by atoms with Crippen molar-refractivity contribution in [2.45, 2.75) is 33.6 Å². The highest BCUT2D eigenvalue weighted by atomic mass is 35.5. The molecule has 0 aliphatic rings. The zero-order valence-electron chi connectivity index (χ0n) is 12.1. The Morgan fingerprint density at radius 1 is 1.25 bits per heavy atom. The van der Waals surface area contributed by atoms with E-state index in [1.165, 1.54) is 12.1 Å². The molecular weight excluding hydrogens is 275 g/mol. The van der Waals surface area contributed by atoms with Crippen LogP contribution in [-0.2, 0) is 0 Å². The summed E-state index contributed by atoms with van der Waals surface area (Å²) >= 11 is 5.80. The number of halogens is 2. The summed E-state index contributed by atoms with van der Waals surface area (Å²) in [6.45, 7) is 7.92. The van der Waals surface area contributed by atoms with Crippen LogP contribution in [0.2, 0.25) is 5.02 Å². The van der Waals surface area contributed by atoms with E-state index in [1.54, 1.807) is 6.07 Å². The predicted molar refractivity (Wildman–Crippen MR) is 84.0 cm³/mol. The predicted octanol–water partition coefficient (Wildman–Crippen LogP) is 5.47. The first-order valence-corrected chi connectivity index (χ1v) is 6.94. The zero-order chi connectivity index (χ0) is 15.4. The van der Waals surface area contributed by atoms with E-state index in [0.717, 1.165) is 5.56 Å². The summed E-state index contributed by atoms with van der Waals surface area (Å²) in [6.07, 6.45) is 5.38. The molecule has 0 aliphatic carbocycles. The quantitative estimate of drug-likeness (QED) is 0.691. The fraction of sp³-hybridized carbons (Fsp3) is 0.294. The van der Waals surface area contributed by atoms with Crippen molar-refractivity contribution in [3.05, 3.63) is 40.2 Å². The summed E-state index contributed by atoms with van der Waals surface area (Å²) < 4.78 is 13.9. The van der Waals surface area contributed by atoms with E-state index in [2.05, 4.69) is 5.92 Å². The third-order valence-corrected chi connectivity index (χ3v) is 3.19. The summed E-state index contributed by atoms with van der Waals surface area (Å²) in [5, 5.41) is 11.0. The molecule has 0 spiro atoms. The topological polar surface area (TPSA) is 20.2 Å². The van der Waals surface area contributed by atoms with Crippen molar-refractivity contribution < 1.29 is 9.50 Å². The van der Waals surface area contributed by atoms with Crippen LogP contribution >= 0.6 is 11.6 Å². The molecule has 1 N–H and O–H groups in total. The maximum Gasteiger partial charge on any atom is 0.158 e. The van der Waals surface area contributed by atoms with Crippen LogP contribution < -0.4 is 0 Å². The number of benzene rings is 2. The second-order valence-corrected chi connectivity index (χ2v) is 4.89. The summed E-state index contributed by atoms with van der Waals surface area (Å²) in [6, 6.07) is 4.63. The van der Waals surface area contributed by atoms with E-state index in [9.17, 15) is 9.50 Å². The van der Waals surface area contributed by atoms with Crippen molar-refractivity contribution in [3.63, 3.8) is 0 Å². The van der Waals surface area contributed by atoms with Crippen LogP contribution in [0.5, 0.6) is 5.75 Å². The molecule has 0 radical (unpaired) electrons. The second-order valence-electron chi connectivity index (χ2n) is 4.48. The summed E-state index contributed by atoms with van der Waals surface area (Å²) in [7, 11) is 0. The number of terminal acetylenes is 1. The highest BCUT2D eigenvalue weighted by Gasteiger charge is 2.16. The first kappa shape index (κ1) is 16.3. The summed E-state index contributed by atoms with van der Waals surface area (Å²) in [4.78, 5) is 0. The fourth-order valence-electron chi connectivity index (χ4n) is 2.09. The van der Waals surface area contributed by atoms with Crippen LogP contribution in [0.25, 0.3) is 10.8 Å². The molecule has 2 rings (SSSR count). The van der Waals surface area contributed by atoms with Gasteiger partial charge in [0.2, 0.25) is 0 Å².